The molecular weight excluding hydrogens is 359 g/mol. The summed E-state index contributed by atoms with van der Waals surface area (Å²) in [7, 11) is 2.14. The molecule has 1 aromatic carbocycles. The van der Waals surface area contributed by atoms with Crippen molar-refractivity contribution in [2.75, 3.05) is 26.7 Å². The molecular formula is C18H28Cl2N4O. The highest BCUT2D eigenvalue weighted by Gasteiger charge is 2.20. The highest BCUT2D eigenvalue weighted by molar-refractivity contribution is 5.86. The van der Waals surface area contributed by atoms with Gasteiger partial charge in [-0.25, -0.2) is 0 Å². The molecule has 4 N–H and O–H groups in total. The van der Waals surface area contributed by atoms with Crippen molar-refractivity contribution in [2.45, 2.75) is 25.3 Å². The summed E-state index contributed by atoms with van der Waals surface area (Å²) in [6.45, 7) is 2.97. The van der Waals surface area contributed by atoms with Gasteiger partial charge in [-0.05, 0) is 56.9 Å². The van der Waals surface area contributed by atoms with Gasteiger partial charge in [0.1, 0.15) is 0 Å². The van der Waals surface area contributed by atoms with Crippen LogP contribution in [-0.2, 0) is 11.2 Å². The fraction of sp³-hybridized carbons (Fsp3) is 0.500. The summed E-state index contributed by atoms with van der Waals surface area (Å²) in [5.41, 5.74) is 8.29. The zero-order chi connectivity index (χ0) is 16.2. The van der Waals surface area contributed by atoms with Gasteiger partial charge in [0.05, 0.1) is 6.04 Å². The monoisotopic (exact) mass is 386 g/mol. The Morgan fingerprint density at radius 2 is 2.00 bits per heavy atom. The van der Waals surface area contributed by atoms with E-state index in [-0.39, 0.29) is 30.7 Å². The summed E-state index contributed by atoms with van der Waals surface area (Å²) in [4.78, 5) is 17.8. The van der Waals surface area contributed by atoms with E-state index in [1.807, 2.05) is 24.4 Å². The molecule has 1 aliphatic rings. The molecule has 3 rings (SSSR count). The van der Waals surface area contributed by atoms with Crippen LogP contribution in [0, 0.1) is 5.92 Å². The van der Waals surface area contributed by atoms with Crippen LogP contribution in [0.15, 0.2) is 30.5 Å². The number of aromatic nitrogens is 1. The number of H-pyrrole nitrogens is 1. The van der Waals surface area contributed by atoms with Gasteiger partial charge in [0.2, 0.25) is 5.91 Å². The Hall–Kier alpha value is -1.27. The van der Waals surface area contributed by atoms with Crippen molar-refractivity contribution in [3.05, 3.63) is 36.0 Å². The van der Waals surface area contributed by atoms with Crippen LogP contribution in [-0.4, -0.2) is 48.5 Å². The summed E-state index contributed by atoms with van der Waals surface area (Å²) >= 11 is 0. The minimum atomic E-state index is -0.500. The van der Waals surface area contributed by atoms with E-state index in [0.29, 0.717) is 12.3 Å². The maximum atomic E-state index is 12.3. The predicted molar refractivity (Wildman–Crippen MR) is 108 cm³/mol. The highest BCUT2D eigenvalue weighted by atomic mass is 35.5. The molecule has 140 valence electrons. The number of carbonyl (C=O) groups is 1. The molecule has 1 aliphatic heterocycles. The van der Waals surface area contributed by atoms with Crippen LogP contribution in [0.5, 0.6) is 0 Å². The number of nitrogens with one attached hydrogen (secondary N) is 2. The first kappa shape index (κ1) is 21.8. The van der Waals surface area contributed by atoms with E-state index in [4.69, 9.17) is 5.73 Å². The van der Waals surface area contributed by atoms with E-state index < -0.39 is 6.04 Å². The molecule has 1 atom stereocenters. The second-order valence-electron chi connectivity index (χ2n) is 6.66. The Balaban J connectivity index is 0.00000156. The van der Waals surface area contributed by atoms with Gasteiger partial charge in [-0.2, -0.15) is 0 Å². The molecule has 0 spiro atoms. The van der Waals surface area contributed by atoms with Crippen LogP contribution in [0.4, 0.5) is 0 Å². The summed E-state index contributed by atoms with van der Waals surface area (Å²) in [5, 5.41) is 4.18. The molecule has 0 saturated carbocycles. The number of rotatable bonds is 5. The van der Waals surface area contributed by atoms with Crippen LogP contribution < -0.4 is 11.1 Å². The molecule has 7 heteroatoms. The standard InChI is InChI=1S/C18H26N4O.2ClH/c1-22-8-6-13(7-9-22)11-21-18(23)16(19)10-14-12-20-17-5-3-2-4-15(14)17;;/h2-5,12-13,16,20H,6-11,19H2,1H3,(H,21,23);2*1H/t16-;;/m0../s1. The lowest BCUT2D eigenvalue weighted by atomic mass is 9.97. The van der Waals surface area contributed by atoms with Crippen molar-refractivity contribution in [3.63, 3.8) is 0 Å². The average molecular weight is 387 g/mol. The number of fused-ring (bicyclic) bond motifs is 1. The third kappa shape index (κ3) is 5.61. The number of halogens is 2. The van der Waals surface area contributed by atoms with E-state index in [9.17, 15) is 4.79 Å². The van der Waals surface area contributed by atoms with Crippen LogP contribution in [0.1, 0.15) is 18.4 Å². The van der Waals surface area contributed by atoms with Crippen molar-refractivity contribution in [3.8, 4) is 0 Å². The number of nitrogens with two attached hydrogens (primary N) is 1. The molecule has 2 aromatic rings. The van der Waals surface area contributed by atoms with Crippen molar-refractivity contribution < 1.29 is 4.79 Å². The molecule has 1 saturated heterocycles. The van der Waals surface area contributed by atoms with E-state index in [1.165, 1.54) is 0 Å². The topological polar surface area (TPSA) is 74.2 Å². The molecule has 0 unspecified atom stereocenters. The number of para-hydroxylation sites is 1. The first-order valence-corrected chi connectivity index (χ1v) is 8.40. The van der Waals surface area contributed by atoms with Gasteiger partial charge in [0.25, 0.3) is 0 Å². The van der Waals surface area contributed by atoms with Crippen molar-refractivity contribution >= 4 is 41.6 Å². The number of piperidine rings is 1. The molecule has 1 fully saturated rings. The highest BCUT2D eigenvalue weighted by Crippen LogP contribution is 2.19. The van der Waals surface area contributed by atoms with Crippen LogP contribution in [0.3, 0.4) is 0 Å². The summed E-state index contributed by atoms with van der Waals surface area (Å²) in [6, 6.07) is 7.59. The van der Waals surface area contributed by atoms with Gasteiger partial charge in [0.15, 0.2) is 0 Å². The summed E-state index contributed by atoms with van der Waals surface area (Å²) in [6.07, 6.45) is 4.81. The Morgan fingerprint density at radius 3 is 2.72 bits per heavy atom. The van der Waals surface area contributed by atoms with Gasteiger partial charge < -0.3 is 20.9 Å². The Bertz CT molecular complexity index is 668. The Kier molecular flexibility index (Phi) is 8.73. The molecule has 25 heavy (non-hydrogen) atoms. The van der Waals surface area contributed by atoms with Crippen LogP contribution in [0.25, 0.3) is 10.9 Å². The van der Waals surface area contributed by atoms with Crippen molar-refractivity contribution in [1.82, 2.24) is 15.2 Å². The lowest BCUT2D eigenvalue weighted by Crippen LogP contribution is -2.45. The minimum absolute atomic E-state index is 0. The molecule has 1 amide bonds. The lowest BCUT2D eigenvalue weighted by Gasteiger charge is -2.29. The zero-order valence-corrected chi connectivity index (χ0v) is 16.2. The fourth-order valence-corrected chi connectivity index (χ4v) is 3.27. The minimum Gasteiger partial charge on any atom is -0.361 e. The number of amides is 1. The second-order valence-corrected chi connectivity index (χ2v) is 6.66. The van der Waals surface area contributed by atoms with Crippen LogP contribution in [0.2, 0.25) is 0 Å². The summed E-state index contributed by atoms with van der Waals surface area (Å²) in [5.74, 6) is 0.532. The van der Waals surface area contributed by atoms with E-state index in [1.54, 1.807) is 0 Å². The number of aromatic amines is 1. The van der Waals surface area contributed by atoms with Crippen LogP contribution >= 0.6 is 24.8 Å². The summed E-state index contributed by atoms with van der Waals surface area (Å²) < 4.78 is 0. The number of hydrogen-bond donors (Lipinski definition) is 3. The SMILES string of the molecule is CN1CCC(CNC(=O)[C@@H](N)Cc2c[nH]c3ccccc23)CC1.Cl.Cl. The molecule has 2 heterocycles. The molecule has 5 nitrogen and oxygen atoms in total. The molecule has 0 bridgehead atoms. The van der Waals surface area contributed by atoms with Gasteiger partial charge >= 0.3 is 0 Å². The largest absolute Gasteiger partial charge is 0.361 e. The first-order chi connectivity index (χ1) is 11.1. The Morgan fingerprint density at radius 1 is 1.32 bits per heavy atom. The van der Waals surface area contributed by atoms with E-state index in [0.717, 1.165) is 48.9 Å². The first-order valence-electron chi connectivity index (χ1n) is 8.40. The quantitative estimate of drug-likeness (QED) is 0.737. The lowest BCUT2D eigenvalue weighted by molar-refractivity contribution is -0.122. The number of hydrogen-bond acceptors (Lipinski definition) is 3. The van der Waals surface area contributed by atoms with Gasteiger partial charge in [-0.3, -0.25) is 4.79 Å². The third-order valence-corrected chi connectivity index (χ3v) is 4.85. The van der Waals surface area contributed by atoms with Crippen molar-refractivity contribution in [1.29, 1.82) is 0 Å². The molecule has 0 aliphatic carbocycles. The normalized spacial score (nSPS) is 16.7. The number of nitrogens with zero attached hydrogens (tertiary/aromatic N) is 1. The fourth-order valence-electron chi connectivity index (χ4n) is 3.27. The number of carbonyl (C=O) groups excluding carboxylic acids is 1. The smallest absolute Gasteiger partial charge is 0.237 e. The maximum Gasteiger partial charge on any atom is 0.237 e. The van der Waals surface area contributed by atoms with Crippen molar-refractivity contribution in [2.24, 2.45) is 11.7 Å². The van der Waals surface area contributed by atoms with Gasteiger partial charge in [-0.15, -0.1) is 24.8 Å². The number of likely N-dealkylation sites (tertiary alicyclic amines) is 1. The second kappa shape index (κ2) is 10.0. The third-order valence-electron chi connectivity index (χ3n) is 4.85. The average Bonchev–Trinajstić information content (AvgIpc) is 2.97. The van der Waals surface area contributed by atoms with Gasteiger partial charge in [-0.1, -0.05) is 18.2 Å². The van der Waals surface area contributed by atoms with E-state index in [2.05, 4.69) is 28.3 Å². The van der Waals surface area contributed by atoms with E-state index >= 15 is 0 Å². The predicted octanol–water partition coefficient (Wildman–Crippen LogP) is 2.34. The number of benzene rings is 1. The Labute approximate surface area is 161 Å². The molecule has 1 aromatic heterocycles. The maximum absolute atomic E-state index is 12.3. The molecule has 0 radical (unpaired) electrons. The zero-order valence-electron chi connectivity index (χ0n) is 14.5. The van der Waals surface area contributed by atoms with Gasteiger partial charge in [0, 0.05) is 23.6 Å².